The normalized spacial score (nSPS) is 25.7. The molecule has 2 fully saturated rings. The van der Waals surface area contributed by atoms with Crippen molar-refractivity contribution < 1.29 is 35.8 Å². The van der Waals surface area contributed by atoms with Gasteiger partial charge < -0.3 is 9.47 Å². The molecule has 2 saturated carbocycles. The van der Waals surface area contributed by atoms with Crippen molar-refractivity contribution in [2.75, 3.05) is 13.4 Å². The van der Waals surface area contributed by atoms with Crippen LogP contribution in [0, 0.1) is 17.8 Å². The van der Waals surface area contributed by atoms with Crippen molar-refractivity contribution in [1.29, 1.82) is 0 Å². The first-order valence-electron chi connectivity index (χ1n) is 10.4. The minimum atomic E-state index is -5.70. The zero-order valence-electron chi connectivity index (χ0n) is 17.2. The quantitative estimate of drug-likeness (QED) is 0.248. The number of alkyl halides is 6. The summed E-state index contributed by atoms with van der Waals surface area (Å²) in [4.78, 5) is 0. The SMILES string of the molecule is CCC(C)c1ccc(C(OCOCC2CC3CCC2C3)(C(F)(F)F)C(F)(F)F)cc1. The largest absolute Gasteiger partial charge is 0.430 e. The molecule has 1 aromatic carbocycles. The fourth-order valence-electron chi connectivity index (χ4n) is 4.93. The van der Waals surface area contributed by atoms with Crippen LogP contribution in [0.4, 0.5) is 26.3 Å². The third-order valence-electron chi connectivity index (χ3n) is 6.87. The van der Waals surface area contributed by atoms with Crippen LogP contribution in [-0.4, -0.2) is 25.8 Å². The Morgan fingerprint density at radius 1 is 0.967 bits per heavy atom. The molecule has 0 heterocycles. The van der Waals surface area contributed by atoms with Crippen LogP contribution in [0.3, 0.4) is 0 Å². The molecule has 0 radical (unpaired) electrons. The molecule has 4 unspecified atom stereocenters. The topological polar surface area (TPSA) is 18.5 Å². The Bertz CT molecular complexity index is 683. The summed E-state index contributed by atoms with van der Waals surface area (Å²) >= 11 is 0. The molecule has 0 aromatic heterocycles. The fraction of sp³-hybridized carbons (Fsp3) is 0.727. The minimum Gasteiger partial charge on any atom is -0.355 e. The summed E-state index contributed by atoms with van der Waals surface area (Å²) in [5, 5.41) is 0. The number of hydrogen-bond donors (Lipinski definition) is 0. The minimum absolute atomic E-state index is 0.0243. The van der Waals surface area contributed by atoms with Gasteiger partial charge in [0.15, 0.2) is 0 Å². The molecule has 4 atom stereocenters. The molecule has 2 nitrogen and oxygen atoms in total. The second-order valence-electron chi connectivity index (χ2n) is 8.68. The molecule has 0 spiro atoms. The van der Waals surface area contributed by atoms with E-state index in [1.54, 1.807) is 0 Å². The summed E-state index contributed by atoms with van der Waals surface area (Å²) in [6.07, 6.45) is -6.47. The van der Waals surface area contributed by atoms with Crippen molar-refractivity contribution >= 4 is 0 Å². The second-order valence-corrected chi connectivity index (χ2v) is 8.68. The van der Waals surface area contributed by atoms with E-state index in [9.17, 15) is 26.3 Å². The van der Waals surface area contributed by atoms with E-state index in [0.29, 0.717) is 17.4 Å². The molecular weight excluding hydrogens is 410 g/mol. The number of benzene rings is 1. The van der Waals surface area contributed by atoms with E-state index in [1.807, 2.05) is 13.8 Å². The molecule has 2 bridgehead atoms. The van der Waals surface area contributed by atoms with E-state index in [1.165, 1.54) is 12.1 Å². The maximum Gasteiger partial charge on any atom is 0.430 e. The summed E-state index contributed by atoms with van der Waals surface area (Å²) in [5.41, 5.74) is -4.74. The number of fused-ring (bicyclic) bond motifs is 2. The average molecular weight is 438 g/mol. The van der Waals surface area contributed by atoms with E-state index in [0.717, 1.165) is 44.2 Å². The maximum atomic E-state index is 13.8. The van der Waals surface area contributed by atoms with Gasteiger partial charge in [0.05, 0.1) is 6.61 Å². The highest BCUT2D eigenvalue weighted by atomic mass is 19.4. The predicted octanol–water partition coefficient (Wildman–Crippen LogP) is 6.95. The number of halogens is 6. The molecule has 170 valence electrons. The third-order valence-corrected chi connectivity index (χ3v) is 6.87. The lowest BCUT2D eigenvalue weighted by Crippen LogP contribution is -2.56. The van der Waals surface area contributed by atoms with Crippen molar-refractivity contribution in [2.24, 2.45) is 17.8 Å². The van der Waals surface area contributed by atoms with Crippen LogP contribution in [0.25, 0.3) is 0 Å². The van der Waals surface area contributed by atoms with Gasteiger partial charge in [-0.15, -0.1) is 0 Å². The first kappa shape index (κ1) is 23.4. The van der Waals surface area contributed by atoms with Gasteiger partial charge in [-0.2, -0.15) is 26.3 Å². The summed E-state index contributed by atoms with van der Waals surface area (Å²) in [7, 11) is 0. The van der Waals surface area contributed by atoms with Crippen molar-refractivity contribution in [3.8, 4) is 0 Å². The molecule has 0 saturated heterocycles. The third kappa shape index (κ3) is 4.35. The van der Waals surface area contributed by atoms with Gasteiger partial charge in [0, 0.05) is 5.56 Å². The summed E-state index contributed by atoms with van der Waals surface area (Å²) < 4.78 is 92.7. The van der Waals surface area contributed by atoms with Gasteiger partial charge in [-0.25, -0.2) is 0 Å². The van der Waals surface area contributed by atoms with Gasteiger partial charge in [-0.3, -0.25) is 0 Å². The lowest BCUT2D eigenvalue weighted by molar-refractivity contribution is -0.402. The summed E-state index contributed by atoms with van der Waals surface area (Å²) in [6, 6.07) is 4.32. The standard InChI is InChI=1S/C22H28F6O2/c1-3-14(2)16-6-8-19(9-7-16)20(21(23,24)25,22(26,27)28)30-13-29-12-18-11-15-4-5-17(18)10-15/h6-9,14-15,17-18H,3-5,10-13H2,1-2H3. The molecule has 30 heavy (non-hydrogen) atoms. The van der Waals surface area contributed by atoms with E-state index < -0.39 is 30.3 Å². The summed E-state index contributed by atoms with van der Waals surface area (Å²) in [5.74, 6) is 1.28. The lowest BCUT2D eigenvalue weighted by atomic mass is 9.89. The van der Waals surface area contributed by atoms with Crippen LogP contribution >= 0.6 is 0 Å². The van der Waals surface area contributed by atoms with Crippen molar-refractivity contribution in [2.45, 2.75) is 69.8 Å². The van der Waals surface area contributed by atoms with Crippen LogP contribution < -0.4 is 0 Å². The van der Waals surface area contributed by atoms with Crippen LogP contribution in [0.5, 0.6) is 0 Å². The number of ether oxygens (including phenoxy) is 2. The van der Waals surface area contributed by atoms with Gasteiger partial charge in [0.2, 0.25) is 0 Å². The number of hydrogen-bond acceptors (Lipinski definition) is 2. The molecule has 8 heteroatoms. The molecule has 1 aromatic rings. The molecule has 0 N–H and O–H groups in total. The Morgan fingerprint density at radius 3 is 2.07 bits per heavy atom. The van der Waals surface area contributed by atoms with Crippen LogP contribution in [0.1, 0.15) is 63.0 Å². The van der Waals surface area contributed by atoms with Gasteiger partial charge in [0.1, 0.15) is 6.79 Å². The van der Waals surface area contributed by atoms with Crippen LogP contribution in [-0.2, 0) is 15.1 Å². The highest BCUT2D eigenvalue weighted by molar-refractivity contribution is 5.32. The van der Waals surface area contributed by atoms with E-state index in [4.69, 9.17) is 4.74 Å². The van der Waals surface area contributed by atoms with Gasteiger partial charge in [-0.05, 0) is 54.9 Å². The highest BCUT2D eigenvalue weighted by Gasteiger charge is 2.73. The van der Waals surface area contributed by atoms with Gasteiger partial charge in [0.25, 0.3) is 5.60 Å². The van der Waals surface area contributed by atoms with E-state index in [-0.39, 0.29) is 18.4 Å². The Hall–Kier alpha value is -1.28. The first-order valence-corrected chi connectivity index (χ1v) is 10.4. The molecule has 2 aliphatic carbocycles. The fourth-order valence-corrected chi connectivity index (χ4v) is 4.93. The smallest absolute Gasteiger partial charge is 0.355 e. The zero-order valence-corrected chi connectivity index (χ0v) is 17.2. The Morgan fingerprint density at radius 2 is 1.60 bits per heavy atom. The number of rotatable bonds is 8. The monoisotopic (exact) mass is 438 g/mol. The van der Waals surface area contributed by atoms with E-state index in [2.05, 4.69) is 4.74 Å². The van der Waals surface area contributed by atoms with Crippen molar-refractivity contribution in [3.63, 3.8) is 0 Å². The molecule has 3 rings (SSSR count). The van der Waals surface area contributed by atoms with Crippen LogP contribution in [0.2, 0.25) is 0 Å². The zero-order chi connectivity index (χ0) is 22.2. The Kier molecular flexibility index (Phi) is 6.77. The molecule has 0 amide bonds. The van der Waals surface area contributed by atoms with Gasteiger partial charge >= 0.3 is 12.4 Å². The molecular formula is C22H28F6O2. The van der Waals surface area contributed by atoms with Crippen molar-refractivity contribution in [3.05, 3.63) is 35.4 Å². The van der Waals surface area contributed by atoms with E-state index >= 15 is 0 Å². The van der Waals surface area contributed by atoms with Crippen molar-refractivity contribution in [1.82, 2.24) is 0 Å². The van der Waals surface area contributed by atoms with Crippen LogP contribution in [0.15, 0.2) is 24.3 Å². The Balaban J connectivity index is 1.77. The molecule has 0 aliphatic heterocycles. The maximum absolute atomic E-state index is 13.8. The lowest BCUT2D eigenvalue weighted by Gasteiger charge is -2.37. The molecule has 2 aliphatic rings. The first-order chi connectivity index (χ1) is 14.0. The average Bonchev–Trinajstić information content (AvgIpc) is 3.29. The van der Waals surface area contributed by atoms with Gasteiger partial charge in [-0.1, -0.05) is 44.5 Å². The highest BCUT2D eigenvalue weighted by Crippen LogP contribution is 2.53. The summed E-state index contributed by atoms with van der Waals surface area (Å²) in [6.45, 7) is 2.81. The second kappa shape index (κ2) is 8.69. The predicted molar refractivity (Wildman–Crippen MR) is 99.8 cm³/mol. The Labute approximate surface area is 172 Å².